The van der Waals surface area contributed by atoms with E-state index in [0.717, 1.165) is 19.3 Å². The van der Waals surface area contributed by atoms with Crippen molar-refractivity contribution < 1.29 is 9.32 Å². The molecule has 1 N–H and O–H groups in total. The molecule has 0 atom stereocenters. The van der Waals surface area contributed by atoms with E-state index in [4.69, 9.17) is 4.52 Å². The summed E-state index contributed by atoms with van der Waals surface area (Å²) in [4.78, 5) is 16.4. The number of halogens is 2. The molecule has 0 aliphatic rings. The van der Waals surface area contributed by atoms with Crippen LogP contribution >= 0.6 is 38.5 Å². The highest BCUT2D eigenvalue weighted by atomic mass is 127. The van der Waals surface area contributed by atoms with Crippen molar-refractivity contribution in [3.8, 4) is 11.4 Å². The zero-order chi connectivity index (χ0) is 16.9. The Bertz CT molecular complexity index is 849. The van der Waals surface area contributed by atoms with Gasteiger partial charge < -0.3 is 9.84 Å². The number of anilines is 1. The summed E-state index contributed by atoms with van der Waals surface area (Å²) < 4.78 is 7.21. The number of rotatable bonds is 5. The van der Waals surface area contributed by atoms with E-state index in [1.165, 1.54) is 0 Å². The maximum absolute atomic E-state index is 12.0. The molecule has 0 spiro atoms. The second-order valence-electron chi connectivity index (χ2n) is 5.05. The molecule has 0 saturated carbocycles. The normalized spacial score (nSPS) is 10.6. The van der Waals surface area contributed by atoms with Crippen LogP contribution in [0, 0.1) is 3.57 Å². The summed E-state index contributed by atoms with van der Waals surface area (Å²) in [5, 5.41) is 6.81. The maximum atomic E-state index is 12.0. The number of aromatic nitrogens is 2. The molecule has 5 nitrogen and oxygen atoms in total. The van der Waals surface area contributed by atoms with Gasteiger partial charge in [0.15, 0.2) is 0 Å². The van der Waals surface area contributed by atoms with Crippen LogP contribution in [0.15, 0.2) is 57.5 Å². The highest BCUT2D eigenvalue weighted by molar-refractivity contribution is 14.1. The molecule has 1 heterocycles. The Morgan fingerprint density at radius 1 is 1.17 bits per heavy atom. The number of para-hydroxylation sites is 1. The van der Waals surface area contributed by atoms with Crippen LogP contribution in [0.2, 0.25) is 0 Å². The minimum absolute atomic E-state index is 0.101. The second-order valence-corrected chi connectivity index (χ2v) is 7.15. The van der Waals surface area contributed by atoms with Gasteiger partial charge in [-0.1, -0.05) is 29.4 Å². The summed E-state index contributed by atoms with van der Waals surface area (Å²) in [6.45, 7) is 0. The lowest BCUT2D eigenvalue weighted by Crippen LogP contribution is -2.12. The quantitative estimate of drug-likeness (QED) is 0.520. The van der Waals surface area contributed by atoms with E-state index in [-0.39, 0.29) is 12.3 Å². The number of amides is 1. The van der Waals surface area contributed by atoms with E-state index in [2.05, 4.69) is 54.0 Å². The first-order chi connectivity index (χ1) is 11.6. The van der Waals surface area contributed by atoms with Gasteiger partial charge in [-0.05, 0) is 62.8 Å². The van der Waals surface area contributed by atoms with Gasteiger partial charge in [0, 0.05) is 26.4 Å². The number of nitrogens with one attached hydrogen (secondary N) is 1. The molecule has 3 rings (SSSR count). The third-order valence-electron chi connectivity index (χ3n) is 3.28. The summed E-state index contributed by atoms with van der Waals surface area (Å²) in [5.41, 5.74) is 1.63. The first-order valence-corrected chi connectivity index (χ1v) is 9.12. The number of hydrogen-bond acceptors (Lipinski definition) is 4. The Morgan fingerprint density at radius 3 is 2.67 bits per heavy atom. The van der Waals surface area contributed by atoms with Crippen molar-refractivity contribution in [3.63, 3.8) is 0 Å². The van der Waals surface area contributed by atoms with E-state index in [0.29, 0.717) is 18.1 Å². The average Bonchev–Trinajstić information content (AvgIpc) is 3.05. The molecule has 3 aromatic rings. The molecule has 0 aliphatic heterocycles. The van der Waals surface area contributed by atoms with Gasteiger partial charge >= 0.3 is 0 Å². The fraction of sp³-hybridized carbons (Fsp3) is 0.118. The van der Waals surface area contributed by atoms with Crippen molar-refractivity contribution in [2.45, 2.75) is 12.8 Å². The third kappa shape index (κ3) is 4.41. The van der Waals surface area contributed by atoms with E-state index >= 15 is 0 Å². The van der Waals surface area contributed by atoms with Crippen LogP contribution in [-0.4, -0.2) is 16.0 Å². The highest BCUT2D eigenvalue weighted by Gasteiger charge is 2.11. The van der Waals surface area contributed by atoms with Crippen molar-refractivity contribution in [3.05, 3.63) is 62.5 Å². The largest absolute Gasteiger partial charge is 0.339 e. The number of benzene rings is 2. The summed E-state index contributed by atoms with van der Waals surface area (Å²) in [6, 6.07) is 15.3. The molecule has 0 saturated heterocycles. The molecular formula is C17H13BrIN3O2. The highest BCUT2D eigenvalue weighted by Crippen LogP contribution is 2.21. The van der Waals surface area contributed by atoms with E-state index < -0.39 is 0 Å². The minimum Gasteiger partial charge on any atom is -0.339 e. The van der Waals surface area contributed by atoms with Gasteiger partial charge in [-0.25, -0.2) is 0 Å². The van der Waals surface area contributed by atoms with Crippen LogP contribution in [0.25, 0.3) is 11.4 Å². The minimum atomic E-state index is -0.101. The molecule has 0 bridgehead atoms. The first kappa shape index (κ1) is 17.1. The molecule has 0 aliphatic carbocycles. The van der Waals surface area contributed by atoms with E-state index in [1.54, 1.807) is 0 Å². The lowest BCUT2D eigenvalue weighted by molar-refractivity contribution is -0.116. The number of nitrogens with zero attached hydrogens (tertiary/aromatic N) is 2. The number of carbonyl (C=O) groups is 1. The fourth-order valence-corrected chi connectivity index (χ4v) is 2.81. The summed E-state index contributed by atoms with van der Waals surface area (Å²) in [5.74, 6) is 0.884. The molecule has 0 radical (unpaired) electrons. The van der Waals surface area contributed by atoms with Crippen molar-refractivity contribution in [2.75, 3.05) is 5.32 Å². The van der Waals surface area contributed by atoms with Gasteiger partial charge in [-0.2, -0.15) is 4.98 Å². The van der Waals surface area contributed by atoms with Crippen molar-refractivity contribution >= 4 is 50.1 Å². The number of carbonyl (C=O) groups excluding carboxylic acids is 1. The average molecular weight is 498 g/mol. The predicted octanol–water partition coefficient (Wildman–Crippen LogP) is 4.68. The van der Waals surface area contributed by atoms with Crippen LogP contribution in [0.4, 0.5) is 5.69 Å². The Balaban J connectivity index is 1.58. The smallest absolute Gasteiger partial charge is 0.227 e. The topological polar surface area (TPSA) is 68.0 Å². The Kier molecular flexibility index (Phi) is 5.62. The molecule has 24 heavy (non-hydrogen) atoms. The SMILES string of the molecule is O=C(CCc1nc(-c2ccc(I)cc2)no1)Nc1ccccc1Br. The zero-order valence-corrected chi connectivity index (χ0v) is 16.2. The second kappa shape index (κ2) is 7.89. The monoisotopic (exact) mass is 497 g/mol. The van der Waals surface area contributed by atoms with Gasteiger partial charge in [0.1, 0.15) is 0 Å². The third-order valence-corrected chi connectivity index (χ3v) is 4.70. The fourth-order valence-electron chi connectivity index (χ4n) is 2.07. The van der Waals surface area contributed by atoms with Gasteiger partial charge in [0.2, 0.25) is 17.6 Å². The van der Waals surface area contributed by atoms with Gasteiger partial charge in [0.25, 0.3) is 0 Å². The van der Waals surface area contributed by atoms with Crippen molar-refractivity contribution in [2.24, 2.45) is 0 Å². The van der Waals surface area contributed by atoms with E-state index in [1.807, 2.05) is 48.5 Å². The summed E-state index contributed by atoms with van der Waals surface area (Å²) in [7, 11) is 0. The van der Waals surface area contributed by atoms with E-state index in [9.17, 15) is 4.79 Å². The first-order valence-electron chi connectivity index (χ1n) is 7.25. The molecule has 0 unspecified atom stereocenters. The number of aryl methyl sites for hydroxylation is 1. The molecular weight excluding hydrogens is 485 g/mol. The Morgan fingerprint density at radius 2 is 1.92 bits per heavy atom. The molecule has 2 aromatic carbocycles. The lowest BCUT2D eigenvalue weighted by atomic mass is 10.2. The lowest BCUT2D eigenvalue weighted by Gasteiger charge is -2.05. The molecule has 7 heteroatoms. The Hall–Kier alpha value is -1.74. The van der Waals surface area contributed by atoms with Gasteiger partial charge in [0.05, 0.1) is 5.69 Å². The van der Waals surface area contributed by atoms with Crippen molar-refractivity contribution in [1.29, 1.82) is 0 Å². The maximum Gasteiger partial charge on any atom is 0.227 e. The van der Waals surface area contributed by atoms with Crippen LogP contribution in [-0.2, 0) is 11.2 Å². The van der Waals surface area contributed by atoms with Gasteiger partial charge in [-0.15, -0.1) is 0 Å². The zero-order valence-electron chi connectivity index (χ0n) is 12.5. The number of hydrogen-bond donors (Lipinski definition) is 1. The van der Waals surface area contributed by atoms with Gasteiger partial charge in [-0.3, -0.25) is 4.79 Å². The summed E-state index contributed by atoms with van der Waals surface area (Å²) >= 11 is 5.64. The van der Waals surface area contributed by atoms with Crippen LogP contribution in [0.5, 0.6) is 0 Å². The molecule has 122 valence electrons. The van der Waals surface area contributed by atoms with Crippen LogP contribution in [0.3, 0.4) is 0 Å². The molecule has 1 amide bonds. The Labute approximate surface area is 161 Å². The van der Waals surface area contributed by atoms with Crippen molar-refractivity contribution in [1.82, 2.24) is 10.1 Å². The molecule has 0 fully saturated rings. The summed E-state index contributed by atoms with van der Waals surface area (Å²) in [6.07, 6.45) is 0.670. The van der Waals surface area contributed by atoms with Crippen LogP contribution in [0.1, 0.15) is 12.3 Å². The van der Waals surface area contributed by atoms with Crippen LogP contribution < -0.4 is 5.32 Å². The predicted molar refractivity (Wildman–Crippen MR) is 104 cm³/mol. The standard InChI is InChI=1S/C17H13BrIN3O2/c18-13-3-1-2-4-14(13)20-15(23)9-10-16-21-17(22-24-16)11-5-7-12(19)8-6-11/h1-8H,9-10H2,(H,20,23). The molecule has 1 aromatic heterocycles.